The number of hydrogen-bond acceptors (Lipinski definition) is 4. The van der Waals surface area contributed by atoms with Gasteiger partial charge in [-0.3, -0.25) is 9.59 Å². The number of hydrogen-bond donors (Lipinski definition) is 2. The molecule has 1 saturated heterocycles. The fraction of sp³-hybridized carbons (Fsp3) is 0.273. The molecule has 2 heterocycles. The molecule has 0 atom stereocenters. The van der Waals surface area contributed by atoms with E-state index >= 15 is 0 Å². The van der Waals surface area contributed by atoms with Gasteiger partial charge < -0.3 is 19.9 Å². The van der Waals surface area contributed by atoms with Crippen LogP contribution in [0.1, 0.15) is 12.0 Å². The molecular weight excluding hydrogens is 373 g/mol. The Kier molecular flexibility index (Phi) is 5.57. The number of rotatable bonds is 5. The molecule has 0 aliphatic carbocycles. The summed E-state index contributed by atoms with van der Waals surface area (Å²) in [5.74, 6) is -0.566. The van der Waals surface area contributed by atoms with Crippen LogP contribution in [0.15, 0.2) is 53.3 Å². The van der Waals surface area contributed by atoms with Gasteiger partial charge in [0.05, 0.1) is 30.1 Å². The normalized spacial score (nSPS) is 14.2. The van der Waals surface area contributed by atoms with Gasteiger partial charge in [0.15, 0.2) is 0 Å². The summed E-state index contributed by atoms with van der Waals surface area (Å²) in [6, 6.07) is 13.6. The standard InChI is InChI=1S/C22H22FN3O3/c23-17-7-5-15-13-16(22(28)25-19(15)14-17)6-8-21(27)24-18-3-1-2-4-20(18)26-9-11-29-12-10-26/h1-5,7,13-14H,6,8-12H2,(H,24,27)(H,25,28). The van der Waals surface area contributed by atoms with Gasteiger partial charge in [-0.1, -0.05) is 12.1 Å². The zero-order valence-corrected chi connectivity index (χ0v) is 15.9. The molecule has 0 saturated carbocycles. The second kappa shape index (κ2) is 8.45. The minimum Gasteiger partial charge on any atom is -0.378 e. The SMILES string of the molecule is O=C(CCc1cc2ccc(F)cc2[nH]c1=O)Nc1ccccc1N1CCOCC1. The first-order valence-corrected chi connectivity index (χ1v) is 9.63. The van der Waals surface area contributed by atoms with Gasteiger partial charge in [0.25, 0.3) is 5.56 Å². The van der Waals surface area contributed by atoms with Crippen LogP contribution in [0.5, 0.6) is 0 Å². The number of fused-ring (bicyclic) bond motifs is 1. The number of nitrogens with zero attached hydrogens (tertiary/aromatic N) is 1. The van der Waals surface area contributed by atoms with Crippen LogP contribution in [0.25, 0.3) is 10.9 Å². The number of pyridine rings is 1. The topological polar surface area (TPSA) is 74.4 Å². The Hall–Kier alpha value is -3.19. The highest BCUT2D eigenvalue weighted by atomic mass is 19.1. The summed E-state index contributed by atoms with van der Waals surface area (Å²) in [6.07, 6.45) is 0.474. The fourth-order valence-corrected chi connectivity index (χ4v) is 3.52. The quantitative estimate of drug-likeness (QED) is 0.696. The number of aryl methyl sites for hydroxylation is 1. The van der Waals surface area contributed by atoms with Crippen LogP contribution in [0.2, 0.25) is 0 Å². The molecule has 0 bridgehead atoms. The number of carbonyl (C=O) groups excluding carboxylic acids is 1. The van der Waals surface area contributed by atoms with E-state index in [1.54, 1.807) is 12.1 Å². The molecule has 1 aliphatic heterocycles. The van der Waals surface area contributed by atoms with E-state index in [4.69, 9.17) is 4.74 Å². The maximum atomic E-state index is 13.3. The number of aromatic amines is 1. The first kappa shape index (κ1) is 19.1. The van der Waals surface area contributed by atoms with Gasteiger partial charge in [-0.25, -0.2) is 4.39 Å². The van der Waals surface area contributed by atoms with Gasteiger partial charge in [-0.2, -0.15) is 0 Å². The highest BCUT2D eigenvalue weighted by Gasteiger charge is 2.16. The van der Waals surface area contributed by atoms with E-state index in [1.165, 1.54) is 12.1 Å². The predicted octanol–water partition coefficient (Wildman–Crippen LogP) is 3.08. The van der Waals surface area contributed by atoms with Crippen LogP contribution >= 0.6 is 0 Å². The molecule has 0 spiro atoms. The molecule has 150 valence electrons. The molecule has 7 heteroatoms. The molecular formula is C22H22FN3O3. The Labute approximate surface area is 167 Å². The average molecular weight is 395 g/mol. The molecule has 3 aromatic rings. The van der Waals surface area contributed by atoms with Gasteiger partial charge >= 0.3 is 0 Å². The van der Waals surface area contributed by atoms with Crippen LogP contribution < -0.4 is 15.8 Å². The molecule has 1 fully saturated rings. The van der Waals surface area contributed by atoms with Crippen LogP contribution in [0.3, 0.4) is 0 Å². The van der Waals surface area contributed by atoms with Gasteiger partial charge in [0, 0.05) is 25.1 Å². The minimum absolute atomic E-state index is 0.163. The molecule has 1 aliphatic rings. The number of morpholine rings is 1. The van der Waals surface area contributed by atoms with E-state index in [1.807, 2.05) is 24.3 Å². The third-order valence-corrected chi connectivity index (χ3v) is 5.04. The summed E-state index contributed by atoms with van der Waals surface area (Å²) < 4.78 is 18.7. The Morgan fingerprint density at radius 2 is 1.93 bits per heavy atom. The van der Waals surface area contributed by atoms with E-state index in [2.05, 4.69) is 15.2 Å². The Bertz CT molecular complexity index is 1090. The van der Waals surface area contributed by atoms with Crippen molar-refractivity contribution in [3.05, 3.63) is 70.3 Å². The monoisotopic (exact) mass is 395 g/mol. The summed E-state index contributed by atoms with van der Waals surface area (Å²) in [6.45, 7) is 2.88. The number of para-hydroxylation sites is 2. The van der Waals surface area contributed by atoms with Gasteiger partial charge in [-0.15, -0.1) is 0 Å². The van der Waals surface area contributed by atoms with Gasteiger partial charge in [0.1, 0.15) is 5.82 Å². The van der Waals surface area contributed by atoms with Crippen molar-refractivity contribution in [3.8, 4) is 0 Å². The number of anilines is 2. The summed E-state index contributed by atoms with van der Waals surface area (Å²) in [5, 5.41) is 3.69. The lowest BCUT2D eigenvalue weighted by atomic mass is 10.1. The second-order valence-corrected chi connectivity index (χ2v) is 7.02. The first-order chi connectivity index (χ1) is 14.1. The van der Waals surface area contributed by atoms with Crippen LogP contribution in [-0.4, -0.2) is 37.2 Å². The summed E-state index contributed by atoms with van der Waals surface area (Å²) in [4.78, 5) is 29.6. The number of aromatic nitrogens is 1. The molecule has 4 rings (SSSR count). The maximum Gasteiger partial charge on any atom is 0.251 e. The highest BCUT2D eigenvalue weighted by molar-refractivity contribution is 5.94. The predicted molar refractivity (Wildman–Crippen MR) is 111 cm³/mol. The van der Waals surface area contributed by atoms with Gasteiger partial charge in [0.2, 0.25) is 5.91 Å². The van der Waals surface area contributed by atoms with E-state index in [-0.39, 0.29) is 17.9 Å². The van der Waals surface area contributed by atoms with Crippen LogP contribution in [0, 0.1) is 5.82 Å². The second-order valence-electron chi connectivity index (χ2n) is 7.02. The number of amides is 1. The molecule has 0 unspecified atom stereocenters. The molecule has 1 aromatic heterocycles. The van der Waals surface area contributed by atoms with E-state index in [0.717, 1.165) is 29.9 Å². The number of nitrogens with one attached hydrogen (secondary N) is 2. The first-order valence-electron chi connectivity index (χ1n) is 9.63. The Morgan fingerprint density at radius 1 is 1.14 bits per heavy atom. The third-order valence-electron chi connectivity index (χ3n) is 5.04. The number of H-pyrrole nitrogens is 1. The summed E-state index contributed by atoms with van der Waals surface area (Å²) in [5.41, 5.74) is 2.37. The largest absolute Gasteiger partial charge is 0.378 e. The fourth-order valence-electron chi connectivity index (χ4n) is 3.52. The molecule has 2 N–H and O–H groups in total. The Balaban J connectivity index is 1.45. The maximum absolute atomic E-state index is 13.3. The van der Waals surface area contributed by atoms with Crippen molar-refractivity contribution < 1.29 is 13.9 Å². The van der Waals surface area contributed by atoms with Crippen molar-refractivity contribution >= 4 is 28.2 Å². The van der Waals surface area contributed by atoms with Crippen molar-refractivity contribution in [2.45, 2.75) is 12.8 Å². The summed E-state index contributed by atoms with van der Waals surface area (Å²) in [7, 11) is 0. The number of benzene rings is 2. The van der Waals surface area contributed by atoms with E-state index < -0.39 is 5.82 Å². The van der Waals surface area contributed by atoms with E-state index in [9.17, 15) is 14.0 Å². The zero-order valence-electron chi connectivity index (χ0n) is 15.9. The number of ether oxygens (including phenoxy) is 1. The van der Waals surface area contributed by atoms with Gasteiger partial charge in [-0.05, 0) is 48.2 Å². The highest BCUT2D eigenvalue weighted by Crippen LogP contribution is 2.26. The van der Waals surface area contributed by atoms with Crippen molar-refractivity contribution in [1.82, 2.24) is 4.98 Å². The molecule has 0 radical (unpaired) electrons. The lowest BCUT2D eigenvalue weighted by molar-refractivity contribution is -0.116. The van der Waals surface area contributed by atoms with Crippen molar-refractivity contribution in [1.29, 1.82) is 0 Å². The van der Waals surface area contributed by atoms with Crippen molar-refractivity contribution in [2.24, 2.45) is 0 Å². The molecule has 1 amide bonds. The smallest absolute Gasteiger partial charge is 0.251 e. The Morgan fingerprint density at radius 3 is 2.76 bits per heavy atom. The molecule has 2 aromatic carbocycles. The van der Waals surface area contributed by atoms with Crippen molar-refractivity contribution in [3.63, 3.8) is 0 Å². The van der Waals surface area contributed by atoms with Crippen molar-refractivity contribution in [2.75, 3.05) is 36.5 Å². The minimum atomic E-state index is -0.404. The average Bonchev–Trinajstić information content (AvgIpc) is 2.73. The summed E-state index contributed by atoms with van der Waals surface area (Å²) >= 11 is 0. The molecule has 29 heavy (non-hydrogen) atoms. The lowest BCUT2D eigenvalue weighted by Gasteiger charge is -2.30. The number of carbonyl (C=O) groups is 1. The number of halogens is 1. The third kappa shape index (κ3) is 4.46. The van der Waals surface area contributed by atoms with E-state index in [0.29, 0.717) is 30.7 Å². The lowest BCUT2D eigenvalue weighted by Crippen LogP contribution is -2.36. The van der Waals surface area contributed by atoms with Crippen LogP contribution in [0.4, 0.5) is 15.8 Å². The zero-order chi connectivity index (χ0) is 20.2. The molecule has 6 nitrogen and oxygen atoms in total. The van der Waals surface area contributed by atoms with Crippen LogP contribution in [-0.2, 0) is 16.0 Å².